The number of likely N-dealkylation sites (tertiary alicyclic amines) is 1. The van der Waals surface area contributed by atoms with Crippen molar-refractivity contribution >= 4 is 11.6 Å². The highest BCUT2D eigenvalue weighted by Gasteiger charge is 2.26. The number of carbonyl (C=O) groups excluding carboxylic acids is 1. The Balaban J connectivity index is 1.68. The lowest BCUT2D eigenvalue weighted by Gasteiger charge is -2.32. The van der Waals surface area contributed by atoms with Gasteiger partial charge in [0.1, 0.15) is 0 Å². The molecule has 2 aromatic rings. The van der Waals surface area contributed by atoms with Crippen LogP contribution in [0.2, 0.25) is 0 Å². The van der Waals surface area contributed by atoms with Gasteiger partial charge in [-0.3, -0.25) is 4.79 Å². The molecule has 1 aliphatic rings. The molecular weight excluding hydrogens is 330 g/mol. The van der Waals surface area contributed by atoms with Crippen molar-refractivity contribution in [3.05, 3.63) is 69.9 Å². The van der Waals surface area contributed by atoms with Gasteiger partial charge in [-0.1, -0.05) is 18.2 Å². The number of hydrogen-bond donors (Lipinski definition) is 2. The largest absolute Gasteiger partial charge is 0.595 e. The van der Waals surface area contributed by atoms with Gasteiger partial charge in [-0.2, -0.15) is 10.5 Å². The third kappa shape index (κ3) is 3.75. The highest BCUT2D eigenvalue weighted by atomic mass is 16.8. The number of nitrogens with one attached hydrogen (secondary N) is 1. The Morgan fingerprint density at radius 2 is 1.88 bits per heavy atom. The van der Waals surface area contributed by atoms with Gasteiger partial charge in [0.15, 0.2) is 5.69 Å². The molecule has 0 bridgehead atoms. The van der Waals surface area contributed by atoms with Crippen LogP contribution in [0, 0.1) is 23.5 Å². The molecule has 26 heavy (non-hydrogen) atoms. The number of benzene rings is 2. The Morgan fingerprint density at radius 3 is 2.46 bits per heavy atom. The molecule has 1 saturated heterocycles. The first-order valence-corrected chi connectivity index (χ1v) is 8.63. The molecular formula is C20H21N3O3. The number of amides is 1. The van der Waals surface area contributed by atoms with Crippen LogP contribution < -0.4 is 5.23 Å². The molecule has 0 spiro atoms. The SMILES string of the molecule is Cc1ccc([NH+]([O-])O)cc1C(=O)N1CCC(c2ccc(C#N)cc2)CC1. The first kappa shape index (κ1) is 18.1. The molecule has 0 aromatic heterocycles. The van der Waals surface area contributed by atoms with Crippen molar-refractivity contribution in [3.63, 3.8) is 0 Å². The molecule has 2 aromatic carbocycles. The second-order valence-corrected chi connectivity index (χ2v) is 6.64. The summed E-state index contributed by atoms with van der Waals surface area (Å²) in [4.78, 5) is 14.6. The van der Waals surface area contributed by atoms with Crippen LogP contribution in [-0.4, -0.2) is 29.1 Å². The predicted octanol–water partition coefficient (Wildman–Crippen LogP) is 2.29. The molecule has 1 atom stereocenters. The molecule has 0 radical (unpaired) electrons. The number of nitriles is 1. The van der Waals surface area contributed by atoms with Gasteiger partial charge in [-0.15, -0.1) is 0 Å². The third-order valence-corrected chi connectivity index (χ3v) is 5.01. The van der Waals surface area contributed by atoms with Gasteiger partial charge in [-0.05, 0) is 48.9 Å². The molecule has 6 heteroatoms. The van der Waals surface area contributed by atoms with Crippen LogP contribution in [0.1, 0.15) is 45.8 Å². The number of piperidine rings is 1. The van der Waals surface area contributed by atoms with Crippen molar-refractivity contribution < 1.29 is 15.2 Å². The van der Waals surface area contributed by atoms with Crippen molar-refractivity contribution in [3.8, 4) is 6.07 Å². The molecule has 1 aliphatic heterocycles. The van der Waals surface area contributed by atoms with Gasteiger partial charge in [0.25, 0.3) is 5.91 Å². The third-order valence-electron chi connectivity index (χ3n) is 5.01. The summed E-state index contributed by atoms with van der Waals surface area (Å²) >= 11 is 0. The van der Waals surface area contributed by atoms with E-state index in [-0.39, 0.29) is 11.6 Å². The van der Waals surface area contributed by atoms with E-state index in [4.69, 9.17) is 10.5 Å². The fourth-order valence-electron chi connectivity index (χ4n) is 3.40. The Bertz CT molecular complexity index is 832. The fourth-order valence-corrected chi connectivity index (χ4v) is 3.40. The molecule has 3 rings (SSSR count). The maximum Gasteiger partial charge on any atom is 0.254 e. The van der Waals surface area contributed by atoms with E-state index in [1.165, 1.54) is 17.7 Å². The Morgan fingerprint density at radius 1 is 1.23 bits per heavy atom. The average Bonchev–Trinajstić information content (AvgIpc) is 2.68. The molecule has 134 valence electrons. The maximum atomic E-state index is 12.8. The van der Waals surface area contributed by atoms with E-state index >= 15 is 0 Å². The van der Waals surface area contributed by atoms with E-state index in [1.807, 2.05) is 31.2 Å². The van der Waals surface area contributed by atoms with Crippen molar-refractivity contribution in [1.29, 1.82) is 5.26 Å². The molecule has 1 heterocycles. The molecule has 6 nitrogen and oxygen atoms in total. The zero-order chi connectivity index (χ0) is 18.7. The lowest BCUT2D eigenvalue weighted by Crippen LogP contribution is -2.99. The van der Waals surface area contributed by atoms with Gasteiger partial charge in [0.2, 0.25) is 0 Å². The molecule has 2 N–H and O–H groups in total. The van der Waals surface area contributed by atoms with Gasteiger partial charge in [0.05, 0.1) is 11.6 Å². The van der Waals surface area contributed by atoms with Crippen LogP contribution in [0.3, 0.4) is 0 Å². The molecule has 1 amide bonds. The highest BCUT2D eigenvalue weighted by molar-refractivity contribution is 5.96. The summed E-state index contributed by atoms with van der Waals surface area (Å²) in [6.45, 7) is 3.10. The highest BCUT2D eigenvalue weighted by Crippen LogP contribution is 2.29. The van der Waals surface area contributed by atoms with Crippen molar-refractivity contribution in [1.82, 2.24) is 4.90 Å². The minimum atomic E-state index is -1.03. The van der Waals surface area contributed by atoms with E-state index in [9.17, 15) is 10.0 Å². The average molecular weight is 351 g/mol. The number of nitrogens with zero attached hydrogens (tertiary/aromatic N) is 2. The number of rotatable bonds is 3. The van der Waals surface area contributed by atoms with Gasteiger partial charge in [-0.25, -0.2) is 5.21 Å². The monoisotopic (exact) mass is 351 g/mol. The van der Waals surface area contributed by atoms with E-state index in [0.717, 1.165) is 18.4 Å². The minimum Gasteiger partial charge on any atom is -0.595 e. The summed E-state index contributed by atoms with van der Waals surface area (Å²) in [5.74, 6) is 0.266. The summed E-state index contributed by atoms with van der Waals surface area (Å²) in [5, 5.41) is 28.2. The topological polar surface area (TPSA) is 91.8 Å². The summed E-state index contributed by atoms with van der Waals surface area (Å²) < 4.78 is 0. The van der Waals surface area contributed by atoms with Crippen molar-refractivity contribution in [2.24, 2.45) is 0 Å². The molecule has 0 saturated carbocycles. The summed E-state index contributed by atoms with van der Waals surface area (Å²) in [6, 6.07) is 14.4. The Labute approximate surface area is 152 Å². The van der Waals surface area contributed by atoms with E-state index in [0.29, 0.717) is 30.1 Å². The standard InChI is InChI=1S/C20H21N3O3/c1-14-2-7-18(23(25)26)12-19(14)20(24)22-10-8-17(9-11-22)16-5-3-15(13-21)4-6-16/h2-7,12,17,23,25H,8-11H2,1H3. The van der Waals surface area contributed by atoms with Crippen molar-refractivity contribution in [2.75, 3.05) is 13.1 Å². The second-order valence-electron chi connectivity index (χ2n) is 6.64. The van der Waals surface area contributed by atoms with Crippen LogP contribution >= 0.6 is 0 Å². The molecule has 1 fully saturated rings. The van der Waals surface area contributed by atoms with Crippen LogP contribution in [-0.2, 0) is 0 Å². The van der Waals surface area contributed by atoms with Crippen molar-refractivity contribution in [2.45, 2.75) is 25.7 Å². The van der Waals surface area contributed by atoms with E-state index in [2.05, 4.69) is 6.07 Å². The smallest absolute Gasteiger partial charge is 0.254 e. The Kier molecular flexibility index (Phi) is 5.33. The summed E-state index contributed by atoms with van der Waals surface area (Å²) in [6.07, 6.45) is 1.71. The lowest BCUT2D eigenvalue weighted by atomic mass is 9.88. The molecule has 0 aliphatic carbocycles. The fraction of sp³-hybridized carbons (Fsp3) is 0.300. The maximum absolute atomic E-state index is 12.8. The first-order chi connectivity index (χ1) is 12.5. The normalized spacial score (nSPS) is 16.2. The van der Waals surface area contributed by atoms with Gasteiger partial charge in [0, 0.05) is 30.8 Å². The Hall–Kier alpha value is -2.72. The van der Waals surface area contributed by atoms with Crippen LogP contribution in [0.4, 0.5) is 5.69 Å². The number of quaternary nitrogens is 1. The van der Waals surface area contributed by atoms with Crippen LogP contribution in [0.25, 0.3) is 0 Å². The zero-order valence-corrected chi connectivity index (χ0v) is 14.6. The first-order valence-electron chi connectivity index (χ1n) is 8.63. The summed E-state index contributed by atoms with van der Waals surface area (Å²) in [5.41, 5.74) is 3.22. The van der Waals surface area contributed by atoms with Gasteiger partial charge >= 0.3 is 0 Å². The van der Waals surface area contributed by atoms with Crippen LogP contribution in [0.15, 0.2) is 42.5 Å². The van der Waals surface area contributed by atoms with E-state index < -0.39 is 5.23 Å². The number of carbonyl (C=O) groups is 1. The predicted molar refractivity (Wildman–Crippen MR) is 96.0 cm³/mol. The quantitative estimate of drug-likeness (QED) is 0.830. The molecule has 1 unspecified atom stereocenters. The minimum absolute atomic E-state index is 0.108. The van der Waals surface area contributed by atoms with E-state index in [1.54, 1.807) is 11.0 Å². The van der Waals surface area contributed by atoms with Gasteiger partial charge < -0.3 is 10.1 Å². The summed E-state index contributed by atoms with van der Waals surface area (Å²) in [7, 11) is 0. The zero-order valence-electron chi connectivity index (χ0n) is 14.6. The number of aryl methyl sites for hydroxylation is 1. The number of hydrogen-bond acceptors (Lipinski definition) is 4. The second kappa shape index (κ2) is 7.67. The van der Waals surface area contributed by atoms with Crippen LogP contribution in [0.5, 0.6) is 0 Å². The lowest BCUT2D eigenvalue weighted by molar-refractivity contribution is -0.991.